The maximum absolute atomic E-state index is 4.42. The van der Waals surface area contributed by atoms with E-state index < -0.39 is 0 Å². The molecule has 1 N–H and O–H groups in total. The lowest BCUT2D eigenvalue weighted by molar-refractivity contribution is 0.900. The van der Waals surface area contributed by atoms with E-state index in [2.05, 4.69) is 42.3 Å². The van der Waals surface area contributed by atoms with Crippen molar-refractivity contribution in [3.63, 3.8) is 0 Å². The molecular weight excluding hydrogens is 192 g/mol. The molecule has 0 aliphatic heterocycles. The molecule has 1 aromatic carbocycles. The maximum Gasteiger partial charge on any atom is 0.0907 e. The summed E-state index contributed by atoms with van der Waals surface area (Å²) < 4.78 is 1.26. The van der Waals surface area contributed by atoms with Gasteiger partial charge in [0.15, 0.2) is 0 Å². The molecule has 2 nitrogen and oxygen atoms in total. The fourth-order valence-corrected chi connectivity index (χ4v) is 2.33. The van der Waals surface area contributed by atoms with Crippen molar-refractivity contribution < 1.29 is 0 Å². The lowest BCUT2D eigenvalue weighted by Gasteiger charge is -2.08. The Kier molecular flexibility index (Phi) is 2.42. The van der Waals surface area contributed by atoms with Gasteiger partial charge >= 0.3 is 0 Å². The van der Waals surface area contributed by atoms with Crippen LogP contribution in [0, 0.1) is 6.92 Å². The molecule has 0 amide bonds. The Hall–Kier alpha value is -1.09. The van der Waals surface area contributed by atoms with Gasteiger partial charge < -0.3 is 5.32 Å². The van der Waals surface area contributed by atoms with Crippen molar-refractivity contribution in [2.45, 2.75) is 26.8 Å². The predicted octanol–water partition coefficient (Wildman–Crippen LogP) is 3.43. The number of hydrogen-bond donors (Lipinski definition) is 1. The van der Waals surface area contributed by atoms with Gasteiger partial charge in [-0.05, 0) is 39.0 Å². The summed E-state index contributed by atoms with van der Waals surface area (Å²) in [5.74, 6) is 0. The molecule has 0 unspecified atom stereocenters. The summed E-state index contributed by atoms with van der Waals surface area (Å²) in [4.78, 5) is 4.42. The van der Waals surface area contributed by atoms with Crippen LogP contribution in [-0.2, 0) is 0 Å². The zero-order valence-corrected chi connectivity index (χ0v) is 9.48. The van der Waals surface area contributed by atoms with Crippen LogP contribution in [0.3, 0.4) is 0 Å². The summed E-state index contributed by atoms with van der Waals surface area (Å²) in [6, 6.07) is 6.80. The van der Waals surface area contributed by atoms with Gasteiger partial charge in [0.25, 0.3) is 0 Å². The number of nitrogens with one attached hydrogen (secondary N) is 1. The Morgan fingerprint density at radius 1 is 1.36 bits per heavy atom. The fraction of sp³-hybridized carbons (Fsp3) is 0.364. The molecule has 0 spiro atoms. The second-order valence-electron chi connectivity index (χ2n) is 3.71. The molecule has 0 aliphatic carbocycles. The fourth-order valence-electron chi connectivity index (χ4n) is 1.46. The quantitative estimate of drug-likeness (QED) is 0.814. The Bertz CT molecular complexity index is 445. The third-order valence-corrected chi connectivity index (χ3v) is 2.88. The van der Waals surface area contributed by atoms with E-state index in [4.69, 9.17) is 0 Å². The number of anilines is 1. The summed E-state index contributed by atoms with van der Waals surface area (Å²) in [6.45, 7) is 6.32. The third kappa shape index (κ3) is 1.87. The van der Waals surface area contributed by atoms with Crippen LogP contribution in [0.4, 0.5) is 5.69 Å². The summed E-state index contributed by atoms with van der Waals surface area (Å²) in [6.07, 6.45) is 0. The summed E-state index contributed by atoms with van der Waals surface area (Å²) >= 11 is 1.74. The Balaban J connectivity index is 2.40. The van der Waals surface area contributed by atoms with Gasteiger partial charge in [-0.1, -0.05) is 0 Å². The van der Waals surface area contributed by atoms with Crippen LogP contribution in [0.15, 0.2) is 18.2 Å². The van der Waals surface area contributed by atoms with Crippen LogP contribution in [0.1, 0.15) is 18.9 Å². The van der Waals surface area contributed by atoms with E-state index >= 15 is 0 Å². The van der Waals surface area contributed by atoms with Crippen molar-refractivity contribution in [3.8, 4) is 0 Å². The summed E-state index contributed by atoms with van der Waals surface area (Å²) in [7, 11) is 0. The lowest BCUT2D eigenvalue weighted by Crippen LogP contribution is -2.09. The van der Waals surface area contributed by atoms with E-state index in [1.807, 2.05) is 6.92 Å². The standard InChI is InChI=1S/C11H14N2S/c1-7(2)12-9-4-5-10-11(6-9)14-8(3)13-10/h4-7,12H,1-3H3. The van der Waals surface area contributed by atoms with Crippen molar-refractivity contribution in [2.75, 3.05) is 5.32 Å². The van der Waals surface area contributed by atoms with Gasteiger partial charge in [0.05, 0.1) is 15.2 Å². The molecule has 0 fully saturated rings. The smallest absolute Gasteiger partial charge is 0.0907 e. The molecule has 1 aromatic heterocycles. The third-order valence-electron chi connectivity index (χ3n) is 1.95. The second-order valence-corrected chi connectivity index (χ2v) is 4.95. The van der Waals surface area contributed by atoms with E-state index in [0.29, 0.717) is 6.04 Å². The van der Waals surface area contributed by atoms with Crippen molar-refractivity contribution in [3.05, 3.63) is 23.2 Å². The molecule has 0 atom stereocenters. The van der Waals surface area contributed by atoms with Gasteiger partial charge in [0.2, 0.25) is 0 Å². The van der Waals surface area contributed by atoms with Gasteiger partial charge in [0, 0.05) is 11.7 Å². The minimum Gasteiger partial charge on any atom is -0.383 e. The first kappa shape index (κ1) is 9.46. The van der Waals surface area contributed by atoms with Crippen LogP contribution in [-0.4, -0.2) is 11.0 Å². The molecule has 0 saturated heterocycles. The molecule has 0 bridgehead atoms. The number of rotatable bonds is 2. The monoisotopic (exact) mass is 206 g/mol. The molecule has 1 heterocycles. The molecule has 0 saturated carbocycles. The van der Waals surface area contributed by atoms with Crippen LogP contribution in [0.25, 0.3) is 10.2 Å². The highest BCUT2D eigenvalue weighted by atomic mass is 32.1. The molecule has 74 valence electrons. The van der Waals surface area contributed by atoms with Crippen molar-refractivity contribution in [1.82, 2.24) is 4.98 Å². The average molecular weight is 206 g/mol. The molecule has 0 aliphatic rings. The Morgan fingerprint density at radius 2 is 2.14 bits per heavy atom. The minimum atomic E-state index is 0.474. The van der Waals surface area contributed by atoms with Crippen molar-refractivity contribution in [1.29, 1.82) is 0 Å². The zero-order chi connectivity index (χ0) is 10.1. The van der Waals surface area contributed by atoms with E-state index in [1.165, 1.54) is 10.4 Å². The van der Waals surface area contributed by atoms with Crippen LogP contribution in [0.2, 0.25) is 0 Å². The van der Waals surface area contributed by atoms with E-state index in [0.717, 1.165) is 10.5 Å². The SMILES string of the molecule is Cc1nc2ccc(NC(C)C)cc2s1. The largest absolute Gasteiger partial charge is 0.383 e. The van der Waals surface area contributed by atoms with Crippen LogP contribution >= 0.6 is 11.3 Å². The van der Waals surface area contributed by atoms with Crippen molar-refractivity contribution in [2.24, 2.45) is 0 Å². The van der Waals surface area contributed by atoms with Crippen LogP contribution < -0.4 is 5.32 Å². The van der Waals surface area contributed by atoms with Gasteiger partial charge in [-0.15, -0.1) is 11.3 Å². The molecule has 2 aromatic rings. The van der Waals surface area contributed by atoms with Gasteiger partial charge in [-0.25, -0.2) is 4.98 Å². The number of hydrogen-bond acceptors (Lipinski definition) is 3. The molecule has 0 radical (unpaired) electrons. The number of fused-ring (bicyclic) bond motifs is 1. The average Bonchev–Trinajstić information content (AvgIpc) is 2.42. The minimum absolute atomic E-state index is 0.474. The van der Waals surface area contributed by atoms with Crippen molar-refractivity contribution >= 4 is 27.2 Å². The first-order valence-corrected chi connectivity index (χ1v) is 5.60. The summed E-state index contributed by atoms with van der Waals surface area (Å²) in [5.41, 5.74) is 2.28. The lowest BCUT2D eigenvalue weighted by atomic mass is 10.2. The predicted molar refractivity (Wildman–Crippen MR) is 63.1 cm³/mol. The number of nitrogens with zero attached hydrogens (tertiary/aromatic N) is 1. The molecule has 14 heavy (non-hydrogen) atoms. The van der Waals surface area contributed by atoms with Gasteiger partial charge in [-0.2, -0.15) is 0 Å². The van der Waals surface area contributed by atoms with Gasteiger partial charge in [-0.3, -0.25) is 0 Å². The highest BCUT2D eigenvalue weighted by molar-refractivity contribution is 7.18. The number of aryl methyl sites for hydroxylation is 1. The van der Waals surface area contributed by atoms with Gasteiger partial charge in [0.1, 0.15) is 0 Å². The van der Waals surface area contributed by atoms with E-state index in [-0.39, 0.29) is 0 Å². The highest BCUT2D eigenvalue weighted by Crippen LogP contribution is 2.24. The highest BCUT2D eigenvalue weighted by Gasteiger charge is 2.01. The second kappa shape index (κ2) is 3.58. The normalized spacial score (nSPS) is 11.1. The maximum atomic E-state index is 4.42. The first-order chi connectivity index (χ1) is 6.65. The topological polar surface area (TPSA) is 24.9 Å². The van der Waals surface area contributed by atoms with E-state index in [1.54, 1.807) is 11.3 Å². The number of benzene rings is 1. The first-order valence-electron chi connectivity index (χ1n) is 4.79. The summed E-state index contributed by atoms with van der Waals surface area (Å²) in [5, 5.41) is 4.51. The zero-order valence-electron chi connectivity index (χ0n) is 8.66. The Morgan fingerprint density at radius 3 is 2.86 bits per heavy atom. The van der Waals surface area contributed by atoms with E-state index in [9.17, 15) is 0 Å². The number of aromatic nitrogens is 1. The van der Waals surface area contributed by atoms with Crippen LogP contribution in [0.5, 0.6) is 0 Å². The number of thiazole rings is 1. The Labute approximate surface area is 88.0 Å². The molecule has 3 heteroatoms. The molecular formula is C11H14N2S. The molecule has 2 rings (SSSR count).